The first-order valence-electron chi connectivity index (χ1n) is 10.5. The highest BCUT2D eigenvalue weighted by molar-refractivity contribution is 5.85. The number of fused-ring (bicyclic) bond motifs is 1. The summed E-state index contributed by atoms with van der Waals surface area (Å²) in [7, 11) is 0. The third-order valence-corrected chi connectivity index (χ3v) is 6.15. The first kappa shape index (κ1) is 18.8. The Morgan fingerprint density at radius 2 is 1.54 bits per heavy atom. The summed E-state index contributed by atoms with van der Waals surface area (Å²) >= 11 is 0. The van der Waals surface area contributed by atoms with Gasteiger partial charge in [0, 0.05) is 16.5 Å². The van der Waals surface area contributed by atoms with Crippen molar-refractivity contribution in [3.8, 4) is 11.8 Å². The average Bonchev–Trinajstić information content (AvgIpc) is 2.74. The molecule has 4 rings (SSSR count). The molecule has 0 spiro atoms. The molecule has 0 atom stereocenters. The molecule has 1 aliphatic rings. The third-order valence-electron chi connectivity index (χ3n) is 6.15. The van der Waals surface area contributed by atoms with E-state index in [4.69, 9.17) is 0 Å². The number of hydrogen-bond acceptors (Lipinski definition) is 0. The molecule has 0 aromatic heterocycles. The molecule has 1 aliphatic carbocycles. The second-order valence-electron chi connectivity index (χ2n) is 8.16. The van der Waals surface area contributed by atoms with Crippen LogP contribution < -0.4 is 0 Å². The van der Waals surface area contributed by atoms with Crippen LogP contribution in [0.5, 0.6) is 0 Å². The van der Waals surface area contributed by atoms with Crippen LogP contribution in [-0.2, 0) is 6.42 Å². The van der Waals surface area contributed by atoms with Crippen LogP contribution in [-0.4, -0.2) is 0 Å². The van der Waals surface area contributed by atoms with Crippen LogP contribution >= 0.6 is 0 Å². The van der Waals surface area contributed by atoms with Crippen LogP contribution in [0.4, 0.5) is 4.39 Å². The van der Waals surface area contributed by atoms with Gasteiger partial charge in [0.05, 0.1) is 0 Å². The molecule has 0 amide bonds. The molecule has 0 heterocycles. The van der Waals surface area contributed by atoms with Crippen molar-refractivity contribution >= 4 is 10.8 Å². The fraction of sp³-hybridized carbons (Fsp3) is 0.333. The quantitative estimate of drug-likeness (QED) is 0.417. The van der Waals surface area contributed by atoms with Crippen molar-refractivity contribution in [1.29, 1.82) is 0 Å². The number of benzene rings is 3. The number of halogens is 1. The zero-order valence-corrected chi connectivity index (χ0v) is 16.8. The van der Waals surface area contributed by atoms with Crippen molar-refractivity contribution in [2.45, 2.75) is 51.9 Å². The first-order valence-corrected chi connectivity index (χ1v) is 10.5. The van der Waals surface area contributed by atoms with Gasteiger partial charge < -0.3 is 0 Å². The molecular weight excluding hydrogens is 343 g/mol. The van der Waals surface area contributed by atoms with Crippen molar-refractivity contribution in [2.75, 3.05) is 0 Å². The third kappa shape index (κ3) is 3.97. The van der Waals surface area contributed by atoms with Crippen molar-refractivity contribution in [3.63, 3.8) is 0 Å². The van der Waals surface area contributed by atoms with Crippen LogP contribution in [0.2, 0.25) is 0 Å². The summed E-state index contributed by atoms with van der Waals surface area (Å²) in [5.41, 5.74) is 4.14. The summed E-state index contributed by atoms with van der Waals surface area (Å²) in [5.74, 6) is 7.54. The lowest BCUT2D eigenvalue weighted by Gasteiger charge is -2.27. The highest BCUT2D eigenvalue weighted by atomic mass is 19.1. The number of aryl methyl sites for hydroxylation is 1. The van der Waals surface area contributed by atoms with Gasteiger partial charge in [0.25, 0.3) is 0 Å². The Kier molecular flexibility index (Phi) is 5.49. The van der Waals surface area contributed by atoms with Gasteiger partial charge in [-0.2, -0.15) is 0 Å². The van der Waals surface area contributed by atoms with E-state index in [0.29, 0.717) is 11.3 Å². The van der Waals surface area contributed by atoms with Gasteiger partial charge in [-0.05, 0) is 71.9 Å². The molecule has 1 saturated carbocycles. The molecule has 0 N–H and O–H groups in total. The summed E-state index contributed by atoms with van der Waals surface area (Å²) in [6.07, 6.45) is 5.64. The Hall–Kier alpha value is -2.59. The van der Waals surface area contributed by atoms with Crippen LogP contribution in [0, 0.1) is 23.6 Å². The first-order chi connectivity index (χ1) is 13.6. The van der Waals surface area contributed by atoms with Gasteiger partial charge in [-0.3, -0.25) is 0 Å². The van der Waals surface area contributed by atoms with Gasteiger partial charge in [0.15, 0.2) is 0 Å². The topological polar surface area (TPSA) is 0 Å². The number of rotatable bonds is 2. The largest absolute Gasteiger partial charge is 0.206 e. The molecule has 142 valence electrons. The maximum Gasteiger partial charge on any atom is 0.134 e. The standard InChI is InChI=1S/C27H27F/c1-3-20-6-8-21(9-7-20)10-11-22-12-16-26-24(18-22)15-17-25(27(26)28)23-13-4-19(2)5-14-23/h6-9,12,15-19,23H,3-5,13-14H2,1-2H3. The van der Waals surface area contributed by atoms with Crippen molar-refractivity contribution in [2.24, 2.45) is 5.92 Å². The highest BCUT2D eigenvalue weighted by Gasteiger charge is 2.23. The van der Waals surface area contributed by atoms with Gasteiger partial charge in [0.1, 0.15) is 5.82 Å². The lowest BCUT2D eigenvalue weighted by Crippen LogP contribution is -2.12. The molecule has 1 heteroatoms. The molecule has 0 bridgehead atoms. The SMILES string of the molecule is CCc1ccc(C#Cc2ccc3c(F)c(C4CCC(C)CC4)ccc3c2)cc1. The zero-order valence-electron chi connectivity index (χ0n) is 16.8. The summed E-state index contributed by atoms with van der Waals surface area (Å²) in [4.78, 5) is 0. The molecule has 3 aromatic carbocycles. The molecule has 0 radical (unpaired) electrons. The number of hydrogen-bond donors (Lipinski definition) is 0. The molecule has 0 saturated heterocycles. The van der Waals surface area contributed by atoms with Crippen molar-refractivity contribution in [3.05, 3.63) is 82.7 Å². The second kappa shape index (κ2) is 8.19. The zero-order chi connectivity index (χ0) is 19.5. The van der Waals surface area contributed by atoms with Gasteiger partial charge in [-0.15, -0.1) is 0 Å². The Morgan fingerprint density at radius 1 is 0.857 bits per heavy atom. The van der Waals surface area contributed by atoms with E-state index in [2.05, 4.69) is 56.0 Å². The van der Waals surface area contributed by atoms with E-state index in [1.54, 1.807) is 0 Å². The second-order valence-corrected chi connectivity index (χ2v) is 8.16. The van der Waals surface area contributed by atoms with Gasteiger partial charge in [-0.1, -0.05) is 68.9 Å². The molecular formula is C27H27F. The minimum atomic E-state index is -0.0354. The van der Waals surface area contributed by atoms with Crippen molar-refractivity contribution in [1.82, 2.24) is 0 Å². The van der Waals surface area contributed by atoms with E-state index in [0.717, 1.165) is 47.3 Å². The Bertz CT molecular complexity index is 1030. The monoisotopic (exact) mass is 370 g/mol. The summed E-state index contributed by atoms with van der Waals surface area (Å²) < 4.78 is 15.2. The minimum Gasteiger partial charge on any atom is -0.206 e. The Morgan fingerprint density at radius 3 is 2.25 bits per heavy atom. The highest BCUT2D eigenvalue weighted by Crippen LogP contribution is 2.38. The van der Waals surface area contributed by atoms with Crippen LogP contribution in [0.3, 0.4) is 0 Å². The fourth-order valence-corrected chi connectivity index (χ4v) is 4.24. The van der Waals surface area contributed by atoms with Gasteiger partial charge in [0.2, 0.25) is 0 Å². The van der Waals surface area contributed by atoms with Gasteiger partial charge in [-0.25, -0.2) is 4.39 Å². The van der Waals surface area contributed by atoms with E-state index >= 15 is 4.39 Å². The van der Waals surface area contributed by atoms with Crippen LogP contribution in [0.1, 0.15) is 67.7 Å². The van der Waals surface area contributed by atoms with E-state index < -0.39 is 0 Å². The Balaban J connectivity index is 1.60. The fourth-order valence-electron chi connectivity index (χ4n) is 4.24. The molecule has 3 aromatic rings. The minimum absolute atomic E-state index is 0.0354. The maximum atomic E-state index is 15.2. The smallest absolute Gasteiger partial charge is 0.134 e. The molecule has 0 nitrogen and oxygen atoms in total. The predicted molar refractivity (Wildman–Crippen MR) is 116 cm³/mol. The van der Waals surface area contributed by atoms with E-state index in [-0.39, 0.29) is 5.82 Å². The van der Waals surface area contributed by atoms with E-state index in [1.807, 2.05) is 24.3 Å². The van der Waals surface area contributed by atoms with Crippen molar-refractivity contribution < 1.29 is 4.39 Å². The van der Waals surface area contributed by atoms with Crippen LogP contribution in [0.25, 0.3) is 10.8 Å². The van der Waals surface area contributed by atoms with E-state index in [1.165, 1.54) is 18.4 Å². The lowest BCUT2D eigenvalue weighted by molar-refractivity contribution is 0.343. The molecule has 0 aliphatic heterocycles. The Labute approximate surface area is 167 Å². The summed E-state index contributed by atoms with van der Waals surface area (Å²) in [6.45, 7) is 4.45. The molecule has 1 fully saturated rings. The van der Waals surface area contributed by atoms with E-state index in [9.17, 15) is 0 Å². The summed E-state index contributed by atoms with van der Waals surface area (Å²) in [6, 6.07) is 18.2. The molecule has 0 unspecified atom stereocenters. The normalized spacial score (nSPS) is 19.2. The van der Waals surface area contributed by atoms with Crippen LogP contribution in [0.15, 0.2) is 54.6 Å². The maximum absolute atomic E-state index is 15.2. The summed E-state index contributed by atoms with van der Waals surface area (Å²) in [5, 5.41) is 1.65. The predicted octanol–water partition coefficient (Wildman–Crippen LogP) is 7.23. The van der Waals surface area contributed by atoms with Gasteiger partial charge >= 0.3 is 0 Å². The average molecular weight is 371 g/mol. The molecule has 28 heavy (non-hydrogen) atoms. The lowest BCUT2D eigenvalue weighted by atomic mass is 9.79.